The lowest BCUT2D eigenvalue weighted by molar-refractivity contribution is -0.0267. The number of hydrogen-bond acceptors (Lipinski definition) is 12. The van der Waals surface area contributed by atoms with Crippen LogP contribution in [0, 0.1) is 0 Å². The van der Waals surface area contributed by atoms with E-state index in [1.54, 1.807) is 12.1 Å². The second-order valence-corrected chi connectivity index (χ2v) is 10.3. The summed E-state index contributed by atoms with van der Waals surface area (Å²) in [6.45, 7) is 13.7. The lowest BCUT2D eigenvalue weighted by Crippen LogP contribution is -2.15. The quantitative estimate of drug-likeness (QED) is 0.0807. The summed E-state index contributed by atoms with van der Waals surface area (Å²) in [5.41, 5.74) is 6.36. The van der Waals surface area contributed by atoms with Crippen LogP contribution in [0.3, 0.4) is 0 Å². The molecular weight excluding hydrogens is 598 g/mol. The Hall–Kier alpha value is -1.58. The van der Waals surface area contributed by atoms with Crippen LogP contribution in [0.4, 0.5) is 5.69 Å². The first-order valence-corrected chi connectivity index (χ1v) is 17.1. The third-order valence-corrected chi connectivity index (χ3v) is 6.37. The van der Waals surface area contributed by atoms with Crippen molar-refractivity contribution in [3.05, 3.63) is 24.3 Å². The van der Waals surface area contributed by atoms with Gasteiger partial charge in [0.25, 0.3) is 0 Å². The minimum atomic E-state index is 0.479. The van der Waals surface area contributed by atoms with Gasteiger partial charge in [0.2, 0.25) is 0 Å². The van der Waals surface area contributed by atoms with Gasteiger partial charge in [-0.05, 0) is 30.7 Å². The van der Waals surface area contributed by atoms with E-state index in [1.807, 2.05) is 12.1 Å². The topological polar surface area (TPSA) is 128 Å². The van der Waals surface area contributed by atoms with Gasteiger partial charge in [-0.15, -0.1) is 0 Å². The SMILES string of the molecule is CCCCCCCCOCCOCCOCCOCCOCCOCCOCCOCCOCCOCCOc1ccc(N)cc1. The van der Waals surface area contributed by atoms with Gasteiger partial charge in [0.05, 0.1) is 126 Å². The van der Waals surface area contributed by atoms with Crippen LogP contribution in [-0.4, -0.2) is 139 Å². The van der Waals surface area contributed by atoms with Crippen LogP contribution in [0.5, 0.6) is 5.75 Å². The smallest absolute Gasteiger partial charge is 0.119 e. The molecule has 12 nitrogen and oxygen atoms in total. The molecule has 1 aromatic rings. The monoisotopic (exact) mass is 661 g/mol. The van der Waals surface area contributed by atoms with Crippen LogP contribution >= 0.6 is 0 Å². The van der Waals surface area contributed by atoms with Crippen molar-refractivity contribution in [2.24, 2.45) is 0 Å². The van der Waals surface area contributed by atoms with E-state index in [2.05, 4.69) is 6.92 Å². The number of nitrogens with two attached hydrogens (primary N) is 1. The molecule has 0 heterocycles. The Morgan fingerprint density at radius 2 is 0.630 bits per heavy atom. The molecule has 0 atom stereocenters. The average molecular weight is 662 g/mol. The van der Waals surface area contributed by atoms with Gasteiger partial charge >= 0.3 is 0 Å². The van der Waals surface area contributed by atoms with Gasteiger partial charge in [-0.1, -0.05) is 39.0 Å². The van der Waals surface area contributed by atoms with E-state index in [1.165, 1.54) is 32.1 Å². The van der Waals surface area contributed by atoms with Crippen LogP contribution in [-0.2, 0) is 47.4 Å². The summed E-state index contributed by atoms with van der Waals surface area (Å²) in [6.07, 6.45) is 7.68. The van der Waals surface area contributed by atoms with Crippen molar-refractivity contribution in [1.82, 2.24) is 0 Å². The molecule has 1 rings (SSSR count). The van der Waals surface area contributed by atoms with Crippen LogP contribution < -0.4 is 10.5 Å². The van der Waals surface area contributed by atoms with E-state index in [9.17, 15) is 0 Å². The van der Waals surface area contributed by atoms with Crippen molar-refractivity contribution in [2.45, 2.75) is 45.4 Å². The van der Waals surface area contributed by atoms with Crippen molar-refractivity contribution < 1.29 is 52.1 Å². The Kier molecular flexibility index (Phi) is 33.5. The van der Waals surface area contributed by atoms with Gasteiger partial charge in [-0.2, -0.15) is 0 Å². The summed E-state index contributed by atoms with van der Waals surface area (Å²) in [5.74, 6) is 0.775. The fourth-order valence-corrected chi connectivity index (χ4v) is 3.85. The molecule has 0 aromatic heterocycles. The van der Waals surface area contributed by atoms with Crippen LogP contribution in [0.25, 0.3) is 0 Å². The van der Waals surface area contributed by atoms with Crippen molar-refractivity contribution >= 4 is 5.69 Å². The molecule has 0 saturated heterocycles. The Labute approximate surface area is 277 Å². The number of nitrogen functional groups attached to an aromatic ring is 1. The Morgan fingerprint density at radius 3 is 0.978 bits per heavy atom. The number of benzene rings is 1. The van der Waals surface area contributed by atoms with Gasteiger partial charge in [-0.25, -0.2) is 0 Å². The summed E-state index contributed by atoms with van der Waals surface area (Å²) in [5, 5.41) is 0. The van der Waals surface area contributed by atoms with Crippen molar-refractivity contribution in [3.63, 3.8) is 0 Å². The molecule has 0 aliphatic heterocycles. The third-order valence-electron chi connectivity index (χ3n) is 6.37. The number of unbranched alkanes of at least 4 members (excludes halogenated alkanes) is 5. The zero-order valence-electron chi connectivity index (χ0n) is 28.5. The fraction of sp³-hybridized carbons (Fsp3) is 0.824. The molecule has 0 radical (unpaired) electrons. The first-order valence-electron chi connectivity index (χ1n) is 17.1. The van der Waals surface area contributed by atoms with E-state index in [-0.39, 0.29) is 0 Å². The number of hydrogen-bond donors (Lipinski definition) is 1. The van der Waals surface area contributed by atoms with Crippen molar-refractivity contribution in [1.29, 1.82) is 0 Å². The number of rotatable bonds is 38. The molecule has 270 valence electrons. The molecule has 0 unspecified atom stereocenters. The molecule has 0 saturated carbocycles. The zero-order chi connectivity index (χ0) is 32.9. The van der Waals surface area contributed by atoms with E-state index in [4.69, 9.17) is 57.8 Å². The minimum Gasteiger partial charge on any atom is -0.491 e. The number of ether oxygens (including phenoxy) is 11. The molecule has 0 fully saturated rings. The van der Waals surface area contributed by atoms with Crippen molar-refractivity contribution in [2.75, 3.05) is 144 Å². The van der Waals surface area contributed by atoms with E-state index < -0.39 is 0 Å². The van der Waals surface area contributed by atoms with E-state index in [0.29, 0.717) is 138 Å². The normalized spacial score (nSPS) is 11.4. The van der Waals surface area contributed by atoms with Gasteiger partial charge in [0.1, 0.15) is 12.4 Å². The second-order valence-electron chi connectivity index (χ2n) is 10.3. The van der Waals surface area contributed by atoms with E-state index >= 15 is 0 Å². The molecule has 0 bridgehead atoms. The van der Waals surface area contributed by atoms with Gasteiger partial charge < -0.3 is 57.8 Å². The summed E-state index contributed by atoms with van der Waals surface area (Å²) in [7, 11) is 0. The highest BCUT2D eigenvalue weighted by molar-refractivity contribution is 5.41. The van der Waals surface area contributed by atoms with Gasteiger partial charge in [-0.3, -0.25) is 0 Å². The predicted molar refractivity (Wildman–Crippen MR) is 178 cm³/mol. The maximum absolute atomic E-state index is 5.64. The van der Waals surface area contributed by atoms with Crippen molar-refractivity contribution in [3.8, 4) is 5.75 Å². The van der Waals surface area contributed by atoms with E-state index in [0.717, 1.165) is 18.8 Å². The van der Waals surface area contributed by atoms with Crippen LogP contribution in [0.15, 0.2) is 24.3 Å². The molecule has 1 aromatic carbocycles. The highest BCUT2D eigenvalue weighted by Crippen LogP contribution is 2.12. The summed E-state index contributed by atoms with van der Waals surface area (Å²) < 4.78 is 60.6. The maximum atomic E-state index is 5.64. The molecule has 0 aliphatic rings. The molecule has 0 amide bonds. The Balaban J connectivity index is 1.62. The first kappa shape index (κ1) is 42.4. The average Bonchev–Trinajstić information content (AvgIpc) is 3.07. The molecule has 0 spiro atoms. The lowest BCUT2D eigenvalue weighted by Gasteiger charge is -2.09. The maximum Gasteiger partial charge on any atom is 0.119 e. The van der Waals surface area contributed by atoms with Gasteiger partial charge in [0, 0.05) is 12.3 Å². The van der Waals surface area contributed by atoms with Crippen LogP contribution in [0.2, 0.25) is 0 Å². The van der Waals surface area contributed by atoms with Gasteiger partial charge in [0.15, 0.2) is 0 Å². The highest BCUT2D eigenvalue weighted by Gasteiger charge is 1.97. The largest absolute Gasteiger partial charge is 0.491 e. The summed E-state index contributed by atoms with van der Waals surface area (Å²) in [4.78, 5) is 0. The lowest BCUT2D eigenvalue weighted by atomic mass is 10.1. The summed E-state index contributed by atoms with van der Waals surface area (Å²) in [6, 6.07) is 7.28. The fourth-order valence-electron chi connectivity index (χ4n) is 3.85. The second kappa shape index (κ2) is 36.3. The predicted octanol–water partition coefficient (Wildman–Crippen LogP) is 4.17. The molecule has 2 N–H and O–H groups in total. The molecule has 46 heavy (non-hydrogen) atoms. The Morgan fingerprint density at radius 1 is 0.348 bits per heavy atom. The standard InChI is InChI=1S/C34H63NO11/c1-2-3-4-5-6-7-12-36-13-14-37-15-16-38-17-18-39-19-20-40-21-22-41-23-24-42-25-26-43-27-28-44-29-30-45-31-32-46-34-10-8-33(35)9-11-34/h8-11H,2-7,12-32,35H2,1H3. The minimum absolute atomic E-state index is 0.479. The Bertz CT molecular complexity index is 715. The summed E-state index contributed by atoms with van der Waals surface area (Å²) >= 11 is 0. The first-order chi connectivity index (χ1) is 22.8. The zero-order valence-corrected chi connectivity index (χ0v) is 28.5. The number of anilines is 1. The highest BCUT2D eigenvalue weighted by atomic mass is 16.6. The molecule has 0 aliphatic carbocycles. The molecular formula is C34H63NO11. The molecule has 12 heteroatoms. The van der Waals surface area contributed by atoms with Crippen LogP contribution in [0.1, 0.15) is 45.4 Å². The third kappa shape index (κ3) is 32.4.